The van der Waals surface area contributed by atoms with Crippen molar-refractivity contribution in [2.24, 2.45) is 5.16 Å². The van der Waals surface area contributed by atoms with E-state index in [1.54, 1.807) is 6.20 Å². The van der Waals surface area contributed by atoms with Gasteiger partial charge in [0.1, 0.15) is 6.10 Å². The minimum absolute atomic E-state index is 0.0853. The molecule has 3 rings (SSSR count). The lowest BCUT2D eigenvalue weighted by Crippen LogP contribution is -2.25. The number of nitrogens with one attached hydrogen (secondary N) is 1. The minimum Gasteiger partial charge on any atom is -0.395 e. The lowest BCUT2D eigenvalue weighted by atomic mass is 10.1. The number of thiazole rings is 1. The number of likely N-dealkylation sites (N-methyl/N-ethyl adjacent to an activating group) is 1. The number of rotatable bonds is 9. The maximum Gasteiger partial charge on any atom is 0.280 e. The molecule has 8 nitrogen and oxygen atoms in total. The van der Waals surface area contributed by atoms with Crippen molar-refractivity contribution in [3.05, 3.63) is 40.9 Å². The van der Waals surface area contributed by atoms with Crippen molar-refractivity contribution in [1.29, 1.82) is 0 Å². The van der Waals surface area contributed by atoms with Gasteiger partial charge < -0.3 is 15.1 Å². The molecule has 1 fully saturated rings. The fourth-order valence-electron chi connectivity index (χ4n) is 2.97. The summed E-state index contributed by atoms with van der Waals surface area (Å²) in [7, 11) is 1.90. The fraction of sp³-hybridized carbons (Fsp3) is 0.450. The monoisotopic (exact) mass is 450 g/mol. The fourth-order valence-corrected chi connectivity index (χ4v) is 4.42. The molecule has 0 radical (unpaired) electrons. The quantitative estimate of drug-likeness (QED) is 0.306. The predicted octanol–water partition coefficient (Wildman–Crippen LogP) is 2.66. The number of aliphatic hydroxyl groups is 2. The highest BCUT2D eigenvalue weighted by molar-refractivity contribution is 7.97. The Morgan fingerprint density at radius 2 is 2.17 bits per heavy atom. The van der Waals surface area contributed by atoms with Crippen molar-refractivity contribution in [3.63, 3.8) is 0 Å². The van der Waals surface area contributed by atoms with Crippen LogP contribution in [0.1, 0.15) is 29.7 Å². The minimum atomic E-state index is -0.402. The Morgan fingerprint density at radius 3 is 2.77 bits per heavy atom. The maximum atomic E-state index is 12.9. The van der Waals surface area contributed by atoms with Crippen molar-refractivity contribution < 1.29 is 19.8 Å². The number of benzene rings is 1. The van der Waals surface area contributed by atoms with Crippen LogP contribution in [0.4, 0.5) is 5.13 Å². The molecule has 1 heterocycles. The number of carbonyl (C=O) groups excluding carboxylic acids is 1. The van der Waals surface area contributed by atoms with Crippen LogP contribution in [-0.4, -0.2) is 63.5 Å². The van der Waals surface area contributed by atoms with Crippen LogP contribution in [0.25, 0.3) is 0 Å². The van der Waals surface area contributed by atoms with Crippen molar-refractivity contribution in [1.82, 2.24) is 9.29 Å². The van der Waals surface area contributed by atoms with Crippen LogP contribution in [-0.2, 0) is 9.63 Å². The summed E-state index contributed by atoms with van der Waals surface area (Å²) in [4.78, 5) is 24.6. The van der Waals surface area contributed by atoms with E-state index >= 15 is 0 Å². The molecular formula is C20H26N4O4S2. The van der Waals surface area contributed by atoms with Gasteiger partial charge in [-0.15, -0.1) is 11.3 Å². The molecule has 1 aromatic heterocycles. The highest BCUT2D eigenvalue weighted by Gasteiger charge is 2.25. The summed E-state index contributed by atoms with van der Waals surface area (Å²) in [6, 6.07) is 7.41. The van der Waals surface area contributed by atoms with Crippen LogP contribution >= 0.6 is 23.3 Å². The van der Waals surface area contributed by atoms with Gasteiger partial charge in [-0.1, -0.05) is 17.3 Å². The van der Waals surface area contributed by atoms with E-state index in [1.165, 1.54) is 23.3 Å². The van der Waals surface area contributed by atoms with Gasteiger partial charge >= 0.3 is 0 Å². The van der Waals surface area contributed by atoms with Crippen molar-refractivity contribution in [2.45, 2.75) is 43.3 Å². The summed E-state index contributed by atoms with van der Waals surface area (Å²) in [6.45, 7) is 2.55. The van der Waals surface area contributed by atoms with Gasteiger partial charge in [-0.3, -0.25) is 10.1 Å². The molecule has 2 aromatic rings. The zero-order valence-electron chi connectivity index (χ0n) is 16.9. The molecule has 0 saturated heterocycles. The van der Waals surface area contributed by atoms with Gasteiger partial charge in [-0.2, -0.15) is 0 Å². The van der Waals surface area contributed by atoms with E-state index in [9.17, 15) is 9.90 Å². The molecule has 1 aromatic carbocycles. The smallest absolute Gasteiger partial charge is 0.280 e. The third-order valence-corrected chi connectivity index (χ3v) is 6.32. The summed E-state index contributed by atoms with van der Waals surface area (Å²) in [5.41, 5.74) is 0.776. The highest BCUT2D eigenvalue weighted by Crippen LogP contribution is 2.24. The Morgan fingerprint density at radius 1 is 1.40 bits per heavy atom. The molecule has 1 aliphatic carbocycles. The van der Waals surface area contributed by atoms with E-state index in [0.29, 0.717) is 36.5 Å². The molecule has 0 spiro atoms. The van der Waals surface area contributed by atoms with Crippen LogP contribution in [0.15, 0.2) is 40.5 Å². The van der Waals surface area contributed by atoms with Gasteiger partial charge in [0.2, 0.25) is 0 Å². The summed E-state index contributed by atoms with van der Waals surface area (Å²) >= 11 is 2.89. The average Bonchev–Trinajstić information content (AvgIpc) is 3.31. The zero-order chi connectivity index (χ0) is 21.5. The number of amides is 1. The number of hydrogen-bond donors (Lipinski definition) is 3. The standard InChI is InChI=1S/C20H26N4O4S2/c1-13-12-21-20(29-13)22-19(27)18(23-28-16-6-5-15(26)11-16)14-3-7-17(8-4-14)30-24(2)9-10-25/h3-4,7-8,12,15-16,25-26H,5-6,9-11H2,1-2H3,(H,21,22,27)/b23-18+/t15-,16-/m1/s1. The van der Waals surface area contributed by atoms with E-state index in [0.717, 1.165) is 9.77 Å². The van der Waals surface area contributed by atoms with Crippen LogP contribution in [0, 0.1) is 6.92 Å². The largest absolute Gasteiger partial charge is 0.395 e. The number of aliphatic hydroxyl groups excluding tert-OH is 2. The summed E-state index contributed by atoms with van der Waals surface area (Å²) < 4.78 is 1.93. The molecule has 1 saturated carbocycles. The summed E-state index contributed by atoms with van der Waals surface area (Å²) in [5.74, 6) is -0.402. The number of hydrogen-bond acceptors (Lipinski definition) is 9. The summed E-state index contributed by atoms with van der Waals surface area (Å²) in [5, 5.41) is 26.2. The van der Waals surface area contributed by atoms with E-state index in [-0.39, 0.29) is 24.5 Å². The molecule has 3 N–H and O–H groups in total. The van der Waals surface area contributed by atoms with Crippen LogP contribution < -0.4 is 5.32 Å². The molecule has 1 aliphatic rings. The zero-order valence-corrected chi connectivity index (χ0v) is 18.6. The molecule has 0 unspecified atom stereocenters. The Kier molecular flexibility index (Phi) is 8.23. The number of oxime groups is 1. The van der Waals surface area contributed by atoms with Gasteiger partial charge in [0.05, 0.1) is 12.7 Å². The second-order valence-corrected chi connectivity index (χ2v) is 9.57. The molecule has 162 valence electrons. The molecule has 2 atom stereocenters. The summed E-state index contributed by atoms with van der Waals surface area (Å²) in [6.07, 6.45) is 3.00. The third-order valence-electron chi connectivity index (χ3n) is 4.51. The Bertz CT molecular complexity index is 872. The van der Waals surface area contributed by atoms with Crippen LogP contribution in [0.3, 0.4) is 0 Å². The SMILES string of the molecule is Cc1cnc(NC(=O)/C(=N/O[C@@H]2CC[C@@H](O)C2)c2ccc(SN(C)CCO)cc2)s1. The molecular weight excluding hydrogens is 424 g/mol. The highest BCUT2D eigenvalue weighted by atomic mass is 32.2. The van der Waals surface area contributed by atoms with Gasteiger partial charge in [-0.25, -0.2) is 9.29 Å². The lowest BCUT2D eigenvalue weighted by Gasteiger charge is -2.14. The van der Waals surface area contributed by atoms with Gasteiger partial charge in [0, 0.05) is 34.5 Å². The number of carbonyl (C=O) groups is 1. The third kappa shape index (κ3) is 6.51. The van der Waals surface area contributed by atoms with E-state index in [2.05, 4.69) is 15.5 Å². The van der Waals surface area contributed by atoms with E-state index in [4.69, 9.17) is 9.94 Å². The molecule has 1 amide bonds. The second-order valence-electron chi connectivity index (χ2n) is 7.06. The number of nitrogens with zero attached hydrogens (tertiary/aromatic N) is 3. The van der Waals surface area contributed by atoms with E-state index < -0.39 is 5.91 Å². The van der Waals surface area contributed by atoms with Gasteiger partial charge in [-0.05, 0) is 50.9 Å². The van der Waals surface area contributed by atoms with Crippen LogP contribution in [0.5, 0.6) is 0 Å². The second kappa shape index (κ2) is 10.9. The molecule has 10 heteroatoms. The molecule has 30 heavy (non-hydrogen) atoms. The Labute approximate surface area is 184 Å². The predicted molar refractivity (Wildman–Crippen MR) is 119 cm³/mol. The average molecular weight is 451 g/mol. The van der Waals surface area contributed by atoms with Gasteiger partial charge in [0.15, 0.2) is 10.8 Å². The first kappa shape index (κ1) is 22.7. The van der Waals surface area contributed by atoms with Crippen molar-refractivity contribution in [2.75, 3.05) is 25.5 Å². The van der Waals surface area contributed by atoms with E-state index in [1.807, 2.05) is 42.5 Å². The Balaban J connectivity index is 1.76. The topological polar surface area (TPSA) is 107 Å². The lowest BCUT2D eigenvalue weighted by molar-refractivity contribution is -0.110. The number of anilines is 1. The Hall–Kier alpha value is -1.98. The van der Waals surface area contributed by atoms with Crippen LogP contribution in [0.2, 0.25) is 0 Å². The molecule has 0 aliphatic heterocycles. The van der Waals surface area contributed by atoms with Crippen molar-refractivity contribution in [3.8, 4) is 0 Å². The van der Waals surface area contributed by atoms with Crippen molar-refractivity contribution >= 4 is 40.0 Å². The normalized spacial score (nSPS) is 19.3. The first-order valence-electron chi connectivity index (χ1n) is 9.70. The number of aryl methyl sites for hydroxylation is 1. The number of aromatic nitrogens is 1. The first-order valence-corrected chi connectivity index (χ1v) is 11.3. The molecule has 0 bridgehead atoms. The van der Waals surface area contributed by atoms with Gasteiger partial charge in [0.25, 0.3) is 5.91 Å². The first-order chi connectivity index (χ1) is 14.4. The maximum absolute atomic E-state index is 12.9.